The molecule has 0 aliphatic heterocycles. The highest BCUT2D eigenvalue weighted by molar-refractivity contribution is 6.42. The van der Waals surface area contributed by atoms with Crippen LogP contribution in [-0.4, -0.2) is 5.78 Å². The number of benzene rings is 2. The van der Waals surface area contributed by atoms with Gasteiger partial charge in [-0.15, -0.1) is 0 Å². The number of hydrogen-bond donors (Lipinski definition) is 1. The number of nitrogen functional groups attached to an aromatic ring is 1. The molecule has 0 saturated carbocycles. The molecule has 0 unspecified atom stereocenters. The van der Waals surface area contributed by atoms with Gasteiger partial charge in [0.1, 0.15) is 12.4 Å². The molecule has 2 rings (SSSR count). The van der Waals surface area contributed by atoms with E-state index in [2.05, 4.69) is 0 Å². The van der Waals surface area contributed by atoms with Gasteiger partial charge in [0.05, 0.1) is 15.6 Å². The van der Waals surface area contributed by atoms with Crippen LogP contribution in [0, 0.1) is 0 Å². The van der Waals surface area contributed by atoms with Crippen molar-refractivity contribution in [1.29, 1.82) is 0 Å². The summed E-state index contributed by atoms with van der Waals surface area (Å²) in [5.41, 5.74) is 7.39. The Balaban J connectivity index is 2.23. The van der Waals surface area contributed by atoms with Gasteiger partial charge in [0.25, 0.3) is 0 Å². The molecule has 0 spiro atoms. The maximum absolute atomic E-state index is 11.6. The number of Topliss-reactive ketones (excluding diaryl/α,β-unsaturated/α-hetero) is 1. The molecule has 0 aromatic heterocycles. The van der Waals surface area contributed by atoms with E-state index in [4.69, 9.17) is 33.7 Å². The first-order valence-corrected chi connectivity index (χ1v) is 6.71. The van der Waals surface area contributed by atoms with Crippen molar-refractivity contribution in [2.45, 2.75) is 13.5 Å². The largest absolute Gasteiger partial charge is 0.488 e. The molecule has 0 amide bonds. The van der Waals surface area contributed by atoms with Gasteiger partial charge in [-0.2, -0.15) is 0 Å². The van der Waals surface area contributed by atoms with Crippen molar-refractivity contribution >= 4 is 34.7 Å². The second kappa shape index (κ2) is 6.16. The molecule has 0 radical (unpaired) electrons. The van der Waals surface area contributed by atoms with Gasteiger partial charge in [0, 0.05) is 11.3 Å². The van der Waals surface area contributed by atoms with Crippen LogP contribution in [-0.2, 0) is 6.61 Å². The Labute approximate surface area is 127 Å². The van der Waals surface area contributed by atoms with E-state index in [9.17, 15) is 4.79 Å². The van der Waals surface area contributed by atoms with Crippen molar-refractivity contribution in [1.82, 2.24) is 0 Å². The number of anilines is 1. The van der Waals surface area contributed by atoms with E-state index >= 15 is 0 Å². The molecule has 104 valence electrons. The minimum absolute atomic E-state index is 0.107. The molecule has 0 heterocycles. The van der Waals surface area contributed by atoms with E-state index in [1.165, 1.54) is 6.92 Å². The third kappa shape index (κ3) is 3.24. The van der Waals surface area contributed by atoms with E-state index < -0.39 is 0 Å². The number of nitrogens with two attached hydrogens (primary N) is 1. The van der Waals surface area contributed by atoms with E-state index in [-0.39, 0.29) is 12.4 Å². The standard InChI is InChI=1S/C15H13Cl2NO2/c1-9(19)12-7-11(18)5-6-14(12)20-8-10-3-2-4-13(16)15(10)17/h2-7H,8,18H2,1H3. The van der Waals surface area contributed by atoms with Gasteiger partial charge < -0.3 is 10.5 Å². The average Bonchev–Trinajstić information content (AvgIpc) is 2.41. The molecule has 0 aliphatic carbocycles. The monoisotopic (exact) mass is 309 g/mol. The average molecular weight is 310 g/mol. The van der Waals surface area contributed by atoms with Crippen molar-refractivity contribution in [3.8, 4) is 5.75 Å². The second-order valence-corrected chi connectivity index (χ2v) is 5.10. The van der Waals surface area contributed by atoms with Crippen LogP contribution in [0.5, 0.6) is 5.75 Å². The second-order valence-electron chi connectivity index (χ2n) is 4.31. The Morgan fingerprint density at radius 3 is 2.70 bits per heavy atom. The number of ketones is 1. The molecule has 3 nitrogen and oxygen atoms in total. The van der Waals surface area contributed by atoms with Crippen molar-refractivity contribution in [2.75, 3.05) is 5.73 Å². The van der Waals surface area contributed by atoms with Crippen LogP contribution in [0.15, 0.2) is 36.4 Å². The molecule has 2 N–H and O–H groups in total. The smallest absolute Gasteiger partial charge is 0.163 e. The molecule has 2 aromatic carbocycles. The van der Waals surface area contributed by atoms with Crippen LogP contribution in [0.1, 0.15) is 22.8 Å². The van der Waals surface area contributed by atoms with E-state index in [1.54, 1.807) is 30.3 Å². The molecule has 20 heavy (non-hydrogen) atoms. The number of carbonyl (C=O) groups is 1. The summed E-state index contributed by atoms with van der Waals surface area (Å²) < 4.78 is 5.66. The zero-order valence-electron chi connectivity index (χ0n) is 10.8. The number of carbonyl (C=O) groups excluding carboxylic acids is 1. The predicted molar refractivity (Wildman–Crippen MR) is 81.7 cm³/mol. The van der Waals surface area contributed by atoms with Crippen molar-refractivity contribution in [2.24, 2.45) is 0 Å². The maximum Gasteiger partial charge on any atom is 0.163 e. The first-order chi connectivity index (χ1) is 9.49. The SMILES string of the molecule is CC(=O)c1cc(N)ccc1OCc1cccc(Cl)c1Cl. The third-order valence-electron chi connectivity index (χ3n) is 2.80. The summed E-state index contributed by atoms with van der Waals surface area (Å²) in [6.07, 6.45) is 0. The van der Waals surface area contributed by atoms with Crippen LogP contribution in [0.4, 0.5) is 5.69 Å². The Hall–Kier alpha value is -1.71. The van der Waals surface area contributed by atoms with E-state index in [0.29, 0.717) is 27.0 Å². The number of halogens is 2. The molecule has 0 aliphatic rings. The molecule has 0 saturated heterocycles. The van der Waals surface area contributed by atoms with Gasteiger partial charge in [0.15, 0.2) is 5.78 Å². The van der Waals surface area contributed by atoms with Gasteiger partial charge in [-0.1, -0.05) is 35.3 Å². The first kappa shape index (κ1) is 14.7. The summed E-state index contributed by atoms with van der Waals surface area (Å²) in [7, 11) is 0. The normalized spacial score (nSPS) is 10.3. The minimum Gasteiger partial charge on any atom is -0.488 e. The lowest BCUT2D eigenvalue weighted by Crippen LogP contribution is -2.03. The lowest BCUT2D eigenvalue weighted by atomic mass is 10.1. The van der Waals surface area contributed by atoms with Crippen LogP contribution < -0.4 is 10.5 Å². The van der Waals surface area contributed by atoms with Crippen LogP contribution in [0.3, 0.4) is 0 Å². The zero-order chi connectivity index (χ0) is 14.7. The van der Waals surface area contributed by atoms with Gasteiger partial charge >= 0.3 is 0 Å². The molecule has 5 heteroatoms. The quantitative estimate of drug-likeness (QED) is 0.674. The Morgan fingerprint density at radius 1 is 1.25 bits per heavy atom. The summed E-state index contributed by atoms with van der Waals surface area (Å²) in [5, 5.41) is 0.922. The maximum atomic E-state index is 11.6. The lowest BCUT2D eigenvalue weighted by molar-refractivity contribution is 0.101. The molecule has 0 fully saturated rings. The van der Waals surface area contributed by atoms with Crippen LogP contribution in [0.25, 0.3) is 0 Å². The predicted octanol–water partition coefficient (Wildman–Crippen LogP) is 4.36. The van der Waals surface area contributed by atoms with Crippen LogP contribution >= 0.6 is 23.2 Å². The number of ether oxygens (including phenoxy) is 1. The van der Waals surface area contributed by atoms with E-state index in [1.807, 2.05) is 6.07 Å². The van der Waals surface area contributed by atoms with Gasteiger partial charge in [-0.05, 0) is 31.2 Å². The summed E-state index contributed by atoms with van der Waals surface area (Å²) in [6.45, 7) is 1.69. The Bertz CT molecular complexity index is 656. The summed E-state index contributed by atoms with van der Waals surface area (Å²) in [5.74, 6) is 0.368. The Kier molecular flexibility index (Phi) is 4.53. The number of hydrogen-bond acceptors (Lipinski definition) is 3. The zero-order valence-corrected chi connectivity index (χ0v) is 12.3. The fourth-order valence-electron chi connectivity index (χ4n) is 1.76. The minimum atomic E-state index is -0.107. The fraction of sp³-hybridized carbons (Fsp3) is 0.133. The van der Waals surface area contributed by atoms with Crippen molar-refractivity contribution in [3.63, 3.8) is 0 Å². The van der Waals surface area contributed by atoms with Crippen molar-refractivity contribution in [3.05, 3.63) is 57.6 Å². The highest BCUT2D eigenvalue weighted by Gasteiger charge is 2.11. The molecule has 0 atom stereocenters. The third-order valence-corrected chi connectivity index (χ3v) is 3.66. The first-order valence-electron chi connectivity index (χ1n) is 5.95. The summed E-state index contributed by atoms with van der Waals surface area (Å²) >= 11 is 12.0. The molecule has 2 aromatic rings. The topological polar surface area (TPSA) is 52.3 Å². The fourth-order valence-corrected chi connectivity index (χ4v) is 2.14. The van der Waals surface area contributed by atoms with Crippen LogP contribution in [0.2, 0.25) is 10.0 Å². The number of rotatable bonds is 4. The van der Waals surface area contributed by atoms with Gasteiger partial charge in [0.2, 0.25) is 0 Å². The van der Waals surface area contributed by atoms with Crippen molar-refractivity contribution < 1.29 is 9.53 Å². The lowest BCUT2D eigenvalue weighted by Gasteiger charge is -2.12. The molecule has 0 bridgehead atoms. The van der Waals surface area contributed by atoms with Gasteiger partial charge in [-0.25, -0.2) is 0 Å². The van der Waals surface area contributed by atoms with E-state index in [0.717, 1.165) is 5.56 Å². The van der Waals surface area contributed by atoms with Gasteiger partial charge in [-0.3, -0.25) is 4.79 Å². The molecular formula is C15H13Cl2NO2. The highest BCUT2D eigenvalue weighted by Crippen LogP contribution is 2.28. The molecular weight excluding hydrogens is 297 g/mol. The summed E-state index contributed by atoms with van der Waals surface area (Å²) in [4.78, 5) is 11.6. The Morgan fingerprint density at radius 2 is 2.00 bits per heavy atom. The summed E-state index contributed by atoms with van der Waals surface area (Å²) in [6, 6.07) is 10.3. The highest BCUT2D eigenvalue weighted by atomic mass is 35.5.